The highest BCUT2D eigenvalue weighted by Gasteiger charge is 2.34. The van der Waals surface area contributed by atoms with E-state index >= 15 is 0 Å². The normalized spacial score (nSPS) is 21.5. The Hall–Kier alpha value is -2.61. The molecular weight excluding hydrogens is 314 g/mol. The maximum absolute atomic E-state index is 13.6. The van der Waals surface area contributed by atoms with E-state index in [9.17, 15) is 8.78 Å². The zero-order chi connectivity index (χ0) is 16.7. The summed E-state index contributed by atoms with van der Waals surface area (Å²) in [6.45, 7) is 0.846. The van der Waals surface area contributed by atoms with Crippen LogP contribution in [-0.2, 0) is 0 Å². The standard InChI is InChI=1S/C16H16F2N6/c1-24-5-4-12(14(24)9-2-3-10(17)11(18)6-9)23-16-13-15(20-7-19-13)21-8-22-16/h2-3,6-8,12,14H,4-5H2,1H3,(H2,19,20,21,22,23)/t12-,14-/m0/s1. The first-order chi connectivity index (χ1) is 11.6. The fourth-order valence-corrected chi connectivity index (χ4v) is 3.33. The zero-order valence-corrected chi connectivity index (χ0v) is 13.0. The maximum atomic E-state index is 13.6. The Morgan fingerprint density at radius 3 is 2.92 bits per heavy atom. The van der Waals surface area contributed by atoms with Crippen LogP contribution in [0.2, 0.25) is 0 Å². The fourth-order valence-electron chi connectivity index (χ4n) is 3.33. The number of imidazole rings is 1. The first kappa shape index (κ1) is 14.9. The smallest absolute Gasteiger partial charge is 0.182 e. The average Bonchev–Trinajstić information content (AvgIpc) is 3.18. The lowest BCUT2D eigenvalue weighted by Crippen LogP contribution is -2.29. The molecule has 1 saturated heterocycles. The first-order valence-electron chi connectivity index (χ1n) is 7.69. The Morgan fingerprint density at radius 2 is 2.08 bits per heavy atom. The Morgan fingerprint density at radius 1 is 1.21 bits per heavy atom. The summed E-state index contributed by atoms with van der Waals surface area (Å²) in [4.78, 5) is 17.6. The number of aromatic amines is 1. The second-order valence-corrected chi connectivity index (χ2v) is 5.96. The molecule has 0 radical (unpaired) electrons. The fraction of sp³-hybridized carbons (Fsp3) is 0.312. The van der Waals surface area contributed by atoms with E-state index in [2.05, 4.69) is 30.2 Å². The summed E-state index contributed by atoms with van der Waals surface area (Å²) in [7, 11) is 1.97. The van der Waals surface area contributed by atoms with Crippen LogP contribution in [0.15, 0.2) is 30.9 Å². The summed E-state index contributed by atoms with van der Waals surface area (Å²) < 4.78 is 26.9. The lowest BCUT2D eigenvalue weighted by atomic mass is 10.00. The third kappa shape index (κ3) is 2.48. The summed E-state index contributed by atoms with van der Waals surface area (Å²) >= 11 is 0. The molecule has 1 aliphatic rings. The lowest BCUT2D eigenvalue weighted by Gasteiger charge is -2.26. The van der Waals surface area contributed by atoms with Gasteiger partial charge >= 0.3 is 0 Å². The van der Waals surface area contributed by atoms with Crippen molar-refractivity contribution in [3.05, 3.63) is 48.1 Å². The van der Waals surface area contributed by atoms with Crippen LogP contribution in [-0.4, -0.2) is 44.5 Å². The van der Waals surface area contributed by atoms with Crippen LogP contribution in [0.5, 0.6) is 0 Å². The van der Waals surface area contributed by atoms with Crippen LogP contribution < -0.4 is 5.32 Å². The van der Waals surface area contributed by atoms with Gasteiger partial charge in [-0.25, -0.2) is 23.7 Å². The Balaban J connectivity index is 1.66. The van der Waals surface area contributed by atoms with Crippen LogP contribution in [0.3, 0.4) is 0 Å². The predicted octanol–water partition coefficient (Wildman–Crippen LogP) is 2.49. The number of hydrogen-bond acceptors (Lipinski definition) is 5. The van der Waals surface area contributed by atoms with Gasteiger partial charge in [-0.2, -0.15) is 0 Å². The zero-order valence-electron chi connectivity index (χ0n) is 13.0. The van der Waals surface area contributed by atoms with E-state index in [-0.39, 0.29) is 12.1 Å². The molecule has 1 aromatic carbocycles. The van der Waals surface area contributed by atoms with E-state index in [1.807, 2.05) is 7.05 Å². The van der Waals surface area contributed by atoms with E-state index < -0.39 is 11.6 Å². The molecule has 2 N–H and O–H groups in total. The molecule has 3 heterocycles. The monoisotopic (exact) mass is 330 g/mol. The molecule has 2 atom stereocenters. The van der Waals surface area contributed by atoms with Crippen molar-refractivity contribution in [1.29, 1.82) is 0 Å². The highest BCUT2D eigenvalue weighted by atomic mass is 19.2. The molecule has 1 fully saturated rings. The topological polar surface area (TPSA) is 69.7 Å². The van der Waals surface area contributed by atoms with Crippen molar-refractivity contribution in [3.8, 4) is 0 Å². The predicted molar refractivity (Wildman–Crippen MR) is 85.4 cm³/mol. The van der Waals surface area contributed by atoms with E-state index in [0.717, 1.165) is 24.0 Å². The second-order valence-electron chi connectivity index (χ2n) is 5.96. The van der Waals surface area contributed by atoms with Gasteiger partial charge in [0, 0.05) is 12.6 Å². The SMILES string of the molecule is CN1CC[C@H](Nc2ncnc3nc[nH]c23)[C@@H]1c1ccc(F)c(F)c1. The molecule has 3 aromatic rings. The maximum Gasteiger partial charge on any atom is 0.182 e. The summed E-state index contributed by atoms with van der Waals surface area (Å²) in [5.74, 6) is -1.01. The van der Waals surface area contributed by atoms with Gasteiger partial charge in [-0.05, 0) is 31.2 Å². The van der Waals surface area contributed by atoms with Crippen molar-refractivity contribution in [2.45, 2.75) is 18.5 Å². The van der Waals surface area contributed by atoms with Crippen LogP contribution in [0.1, 0.15) is 18.0 Å². The van der Waals surface area contributed by atoms with Crippen molar-refractivity contribution in [2.75, 3.05) is 18.9 Å². The molecule has 4 rings (SSSR count). The minimum Gasteiger partial charge on any atom is -0.363 e. The second kappa shape index (κ2) is 5.79. The molecule has 0 aliphatic carbocycles. The molecular formula is C16H16F2N6. The number of likely N-dealkylation sites (tertiary alicyclic amines) is 1. The summed E-state index contributed by atoms with van der Waals surface area (Å²) in [5.41, 5.74) is 2.06. The molecule has 124 valence electrons. The molecule has 0 bridgehead atoms. The number of hydrogen-bond donors (Lipinski definition) is 2. The van der Waals surface area contributed by atoms with Gasteiger partial charge in [-0.3, -0.25) is 4.90 Å². The van der Waals surface area contributed by atoms with Gasteiger partial charge in [0.1, 0.15) is 11.8 Å². The van der Waals surface area contributed by atoms with Gasteiger partial charge in [0.05, 0.1) is 12.4 Å². The lowest BCUT2D eigenvalue weighted by molar-refractivity contribution is 0.308. The largest absolute Gasteiger partial charge is 0.363 e. The van der Waals surface area contributed by atoms with Gasteiger partial charge in [-0.15, -0.1) is 0 Å². The van der Waals surface area contributed by atoms with Crippen molar-refractivity contribution in [1.82, 2.24) is 24.8 Å². The molecule has 0 saturated carbocycles. The van der Waals surface area contributed by atoms with Crippen LogP contribution in [0.4, 0.5) is 14.6 Å². The van der Waals surface area contributed by atoms with Gasteiger partial charge < -0.3 is 10.3 Å². The number of nitrogens with one attached hydrogen (secondary N) is 2. The molecule has 1 aliphatic heterocycles. The van der Waals surface area contributed by atoms with Crippen molar-refractivity contribution >= 4 is 17.0 Å². The Labute approximate surface area is 136 Å². The van der Waals surface area contributed by atoms with Crippen molar-refractivity contribution in [3.63, 3.8) is 0 Å². The quantitative estimate of drug-likeness (QED) is 0.772. The Bertz CT molecular complexity index is 880. The third-order valence-electron chi connectivity index (χ3n) is 4.48. The van der Waals surface area contributed by atoms with E-state index in [1.54, 1.807) is 12.4 Å². The number of anilines is 1. The molecule has 6 nitrogen and oxygen atoms in total. The number of halogens is 2. The minimum atomic E-state index is -0.834. The third-order valence-corrected chi connectivity index (χ3v) is 4.48. The first-order valence-corrected chi connectivity index (χ1v) is 7.69. The summed E-state index contributed by atoms with van der Waals surface area (Å²) in [6, 6.07) is 4.01. The van der Waals surface area contributed by atoms with Gasteiger partial charge in [0.2, 0.25) is 0 Å². The molecule has 24 heavy (non-hydrogen) atoms. The molecule has 0 spiro atoms. The summed E-state index contributed by atoms with van der Waals surface area (Å²) in [6.07, 6.45) is 3.88. The van der Waals surface area contributed by atoms with Gasteiger partial charge in [0.25, 0.3) is 0 Å². The van der Waals surface area contributed by atoms with E-state index in [0.29, 0.717) is 11.5 Å². The average molecular weight is 330 g/mol. The number of rotatable bonds is 3. The summed E-state index contributed by atoms with van der Waals surface area (Å²) in [5, 5.41) is 3.40. The van der Waals surface area contributed by atoms with Crippen LogP contribution in [0.25, 0.3) is 11.2 Å². The van der Waals surface area contributed by atoms with Crippen LogP contribution >= 0.6 is 0 Å². The highest BCUT2D eigenvalue weighted by Crippen LogP contribution is 2.34. The molecule has 8 heteroatoms. The van der Waals surface area contributed by atoms with E-state index in [1.165, 1.54) is 18.5 Å². The number of H-pyrrole nitrogens is 1. The van der Waals surface area contributed by atoms with Crippen molar-refractivity contribution < 1.29 is 8.78 Å². The molecule has 2 aromatic heterocycles. The van der Waals surface area contributed by atoms with Gasteiger partial charge in [0.15, 0.2) is 23.1 Å². The number of nitrogens with zero attached hydrogens (tertiary/aromatic N) is 4. The van der Waals surface area contributed by atoms with Crippen molar-refractivity contribution in [2.24, 2.45) is 0 Å². The van der Waals surface area contributed by atoms with Gasteiger partial charge in [-0.1, -0.05) is 6.07 Å². The number of fused-ring (bicyclic) bond motifs is 1. The van der Waals surface area contributed by atoms with E-state index in [4.69, 9.17) is 0 Å². The number of likely N-dealkylation sites (N-methyl/N-ethyl adjacent to an activating group) is 1. The molecule has 0 unspecified atom stereocenters. The highest BCUT2D eigenvalue weighted by molar-refractivity contribution is 5.82. The number of benzene rings is 1. The Kier molecular flexibility index (Phi) is 3.61. The van der Waals surface area contributed by atoms with Crippen LogP contribution in [0, 0.1) is 11.6 Å². The number of aromatic nitrogens is 4. The molecule has 0 amide bonds. The minimum absolute atomic E-state index is 0.0151.